The maximum Gasteiger partial charge on any atom is 0.354 e. The predicted octanol–water partition coefficient (Wildman–Crippen LogP) is 6.08. The van der Waals surface area contributed by atoms with E-state index in [9.17, 15) is 14.7 Å². The van der Waals surface area contributed by atoms with Crippen molar-refractivity contribution < 1.29 is 14.3 Å². The summed E-state index contributed by atoms with van der Waals surface area (Å²) in [5.74, 6) is -0.297. The van der Waals surface area contributed by atoms with Gasteiger partial charge in [0.25, 0.3) is 0 Å². The first-order valence-electron chi connectivity index (χ1n) is 14.1. The first-order chi connectivity index (χ1) is 20.5. The topological polar surface area (TPSA) is 91.6 Å². The van der Waals surface area contributed by atoms with Gasteiger partial charge in [-0.05, 0) is 43.5 Å². The fourth-order valence-corrected chi connectivity index (χ4v) is 7.92. The highest BCUT2D eigenvalue weighted by molar-refractivity contribution is 7.99. The van der Waals surface area contributed by atoms with Crippen LogP contribution in [0.3, 0.4) is 0 Å². The number of aromatic nitrogens is 3. The second-order valence-electron chi connectivity index (χ2n) is 11.3. The Labute approximate surface area is 257 Å². The number of carbonyl (C=O) groups is 1. The van der Waals surface area contributed by atoms with Crippen LogP contribution in [0.25, 0.3) is 27.7 Å². The van der Waals surface area contributed by atoms with Crippen LogP contribution < -0.4 is 10.6 Å². The van der Waals surface area contributed by atoms with Crippen molar-refractivity contribution in [3.8, 4) is 22.6 Å². The Kier molecular flexibility index (Phi) is 7.46. The van der Waals surface area contributed by atoms with Gasteiger partial charge in [-0.3, -0.25) is 14.3 Å². The number of pyridine rings is 1. The molecule has 2 aliphatic rings. The number of amides is 1. The molecule has 2 aromatic heterocycles. The van der Waals surface area contributed by atoms with E-state index in [2.05, 4.69) is 16.5 Å². The standard InChI is InChI=1S/C32H31ClFN5O3S/c1-6-22(41)37-13-18(5)38-19(14-37)15-43-30-24-29(26(34)23(25(30)33)20-9-7-8-10-21(20)40)39(32(42)36-31(24)38)28-17(4)11-12-35-27(28)16(2)3/h6-12,16,18-19,40H,1,13-15H2,2-5H3. The molecule has 1 N–H and O–H groups in total. The number of halogens is 2. The number of thioether (sulfide) groups is 1. The first-order valence-corrected chi connectivity index (χ1v) is 15.5. The van der Waals surface area contributed by atoms with Crippen molar-refractivity contribution in [3.63, 3.8) is 0 Å². The monoisotopic (exact) mass is 619 g/mol. The third-order valence-corrected chi connectivity index (χ3v) is 9.92. The maximum atomic E-state index is 17.3. The number of aromatic hydroxyl groups is 1. The van der Waals surface area contributed by atoms with Crippen LogP contribution in [0.15, 0.2) is 58.9 Å². The molecule has 1 amide bonds. The molecule has 222 valence electrons. The number of nitrogens with zero attached hydrogens (tertiary/aromatic N) is 5. The Bertz CT molecular complexity index is 1880. The number of carbonyl (C=O) groups excluding carboxylic acids is 1. The molecule has 1 fully saturated rings. The van der Waals surface area contributed by atoms with Gasteiger partial charge in [0.1, 0.15) is 11.6 Å². The second kappa shape index (κ2) is 11.0. The van der Waals surface area contributed by atoms with Crippen molar-refractivity contribution in [2.75, 3.05) is 23.7 Å². The second-order valence-corrected chi connectivity index (χ2v) is 12.7. The Hall–Kier alpha value is -3.89. The van der Waals surface area contributed by atoms with Crippen molar-refractivity contribution in [1.29, 1.82) is 0 Å². The van der Waals surface area contributed by atoms with E-state index < -0.39 is 11.5 Å². The maximum absolute atomic E-state index is 17.3. The smallest absolute Gasteiger partial charge is 0.354 e. The van der Waals surface area contributed by atoms with Crippen molar-refractivity contribution in [2.45, 2.75) is 50.6 Å². The third-order valence-electron chi connectivity index (χ3n) is 8.18. The number of rotatable bonds is 4. The number of benzene rings is 2. The lowest BCUT2D eigenvalue weighted by Gasteiger charge is -2.45. The van der Waals surface area contributed by atoms with E-state index in [0.29, 0.717) is 46.3 Å². The Morgan fingerprint density at radius 2 is 2.00 bits per heavy atom. The number of piperazine rings is 1. The molecule has 0 bridgehead atoms. The van der Waals surface area contributed by atoms with Gasteiger partial charge >= 0.3 is 5.69 Å². The fraction of sp³-hybridized carbons (Fsp3) is 0.312. The number of hydrogen-bond donors (Lipinski definition) is 1. The summed E-state index contributed by atoms with van der Waals surface area (Å²) >= 11 is 8.50. The predicted molar refractivity (Wildman–Crippen MR) is 169 cm³/mol. The van der Waals surface area contributed by atoms with E-state index in [1.54, 1.807) is 35.4 Å². The summed E-state index contributed by atoms with van der Waals surface area (Å²) in [5.41, 5.74) is 1.42. The van der Waals surface area contributed by atoms with E-state index in [-0.39, 0.29) is 51.3 Å². The van der Waals surface area contributed by atoms with Crippen LogP contribution in [-0.4, -0.2) is 61.4 Å². The van der Waals surface area contributed by atoms with Gasteiger partial charge in [0.15, 0.2) is 5.82 Å². The van der Waals surface area contributed by atoms with Gasteiger partial charge in [-0.25, -0.2) is 9.18 Å². The molecule has 11 heteroatoms. The molecule has 0 aliphatic carbocycles. The van der Waals surface area contributed by atoms with E-state index in [1.165, 1.54) is 28.5 Å². The lowest BCUT2D eigenvalue weighted by molar-refractivity contribution is -0.127. The summed E-state index contributed by atoms with van der Waals surface area (Å²) in [7, 11) is 0. The van der Waals surface area contributed by atoms with Crippen molar-refractivity contribution in [2.24, 2.45) is 0 Å². The highest BCUT2D eigenvalue weighted by Gasteiger charge is 2.40. The molecule has 0 saturated carbocycles. The zero-order valence-corrected chi connectivity index (χ0v) is 25.8. The molecular formula is C32H31ClFN5O3S. The molecule has 0 radical (unpaired) electrons. The fourth-order valence-electron chi connectivity index (χ4n) is 6.29. The molecule has 8 nitrogen and oxygen atoms in total. The average molecular weight is 620 g/mol. The van der Waals surface area contributed by atoms with Crippen LogP contribution in [0.5, 0.6) is 5.75 Å². The minimum Gasteiger partial charge on any atom is -0.507 e. The molecule has 2 aliphatic heterocycles. The van der Waals surface area contributed by atoms with Gasteiger partial charge in [-0.15, -0.1) is 11.8 Å². The minimum absolute atomic E-state index is 0.00379. The normalized spacial score (nSPS) is 18.1. The molecule has 2 atom stereocenters. The number of fused-ring (bicyclic) bond motifs is 2. The van der Waals surface area contributed by atoms with Crippen molar-refractivity contribution in [3.05, 3.63) is 81.8 Å². The number of para-hydroxylation sites is 1. The van der Waals surface area contributed by atoms with Gasteiger partial charge in [0, 0.05) is 47.1 Å². The molecule has 4 aromatic rings. The highest BCUT2D eigenvalue weighted by Crippen LogP contribution is 2.50. The molecule has 6 rings (SSSR count). The summed E-state index contributed by atoms with van der Waals surface area (Å²) in [5, 5.41) is 11.4. The zero-order chi connectivity index (χ0) is 30.7. The molecule has 0 spiro atoms. The van der Waals surface area contributed by atoms with Gasteiger partial charge in [0.05, 0.1) is 33.3 Å². The van der Waals surface area contributed by atoms with Crippen LogP contribution in [0.4, 0.5) is 10.2 Å². The van der Waals surface area contributed by atoms with Gasteiger partial charge in [0.2, 0.25) is 5.91 Å². The Morgan fingerprint density at radius 3 is 2.70 bits per heavy atom. The van der Waals surface area contributed by atoms with Gasteiger partial charge in [-0.2, -0.15) is 4.98 Å². The summed E-state index contributed by atoms with van der Waals surface area (Å²) in [4.78, 5) is 40.3. The van der Waals surface area contributed by atoms with Crippen LogP contribution >= 0.6 is 23.4 Å². The summed E-state index contributed by atoms with van der Waals surface area (Å²) in [6.45, 7) is 12.2. The molecule has 2 unspecified atom stereocenters. The van der Waals surface area contributed by atoms with Crippen LogP contribution in [0, 0.1) is 12.7 Å². The Balaban J connectivity index is 1.76. The highest BCUT2D eigenvalue weighted by atomic mass is 35.5. The molecule has 4 heterocycles. The largest absolute Gasteiger partial charge is 0.507 e. The Morgan fingerprint density at radius 1 is 1.26 bits per heavy atom. The summed E-state index contributed by atoms with van der Waals surface area (Å²) < 4.78 is 18.6. The number of phenols is 1. The van der Waals surface area contributed by atoms with Gasteiger partial charge < -0.3 is 14.9 Å². The van der Waals surface area contributed by atoms with Gasteiger partial charge in [-0.1, -0.05) is 50.2 Å². The third kappa shape index (κ3) is 4.58. The van der Waals surface area contributed by atoms with Crippen molar-refractivity contribution >= 4 is 46.0 Å². The number of hydrogen-bond acceptors (Lipinski definition) is 7. The number of aryl methyl sites for hydroxylation is 1. The van der Waals surface area contributed by atoms with E-state index in [0.717, 1.165) is 5.56 Å². The first kappa shape index (κ1) is 29.2. The van der Waals surface area contributed by atoms with Crippen molar-refractivity contribution in [1.82, 2.24) is 19.4 Å². The number of anilines is 1. The summed E-state index contributed by atoms with van der Waals surface area (Å²) in [6, 6.07) is 7.74. The number of phenolic OH excluding ortho intramolecular Hbond substituents is 1. The zero-order valence-electron chi connectivity index (χ0n) is 24.3. The van der Waals surface area contributed by atoms with E-state index >= 15 is 4.39 Å². The summed E-state index contributed by atoms with van der Waals surface area (Å²) in [6.07, 6.45) is 2.97. The van der Waals surface area contributed by atoms with Crippen LogP contribution in [-0.2, 0) is 4.79 Å². The van der Waals surface area contributed by atoms with E-state index in [4.69, 9.17) is 11.6 Å². The van der Waals surface area contributed by atoms with E-state index in [1.807, 2.05) is 32.6 Å². The molecule has 1 saturated heterocycles. The molecule has 43 heavy (non-hydrogen) atoms. The molecular weight excluding hydrogens is 589 g/mol. The van der Waals surface area contributed by atoms with Crippen LogP contribution in [0.2, 0.25) is 5.02 Å². The molecule has 2 aromatic carbocycles. The lowest BCUT2D eigenvalue weighted by Crippen LogP contribution is -2.60. The lowest BCUT2D eigenvalue weighted by atomic mass is 9.99. The SMILES string of the molecule is C=CC(=O)N1CC(C)N2c3nc(=O)n(-c4c(C)ccnc4C(C)C)c4c(F)c(-c5ccccc5O)c(Cl)c(c34)SCC2C1. The minimum atomic E-state index is -0.740. The average Bonchev–Trinajstić information content (AvgIpc) is 3.13. The quantitative estimate of drug-likeness (QED) is 0.277. The van der Waals surface area contributed by atoms with Crippen LogP contribution in [0.1, 0.15) is 37.9 Å².